The molecule has 2 aromatic rings. The fourth-order valence-electron chi connectivity index (χ4n) is 3.12. The molecule has 0 radical (unpaired) electrons. The maximum atomic E-state index is 12.3. The van der Waals surface area contributed by atoms with Gasteiger partial charge in [0.1, 0.15) is 17.3 Å². The minimum atomic E-state index is -0.0401. The number of aromatic amines is 1. The largest absolute Gasteiger partial charge is 0.508 e. The van der Waals surface area contributed by atoms with Crippen LogP contribution in [0.3, 0.4) is 0 Å². The van der Waals surface area contributed by atoms with Gasteiger partial charge in [0.25, 0.3) is 5.56 Å². The monoisotopic (exact) mass is 313 g/mol. The van der Waals surface area contributed by atoms with E-state index in [1.165, 1.54) is 12.1 Å². The highest BCUT2D eigenvalue weighted by Gasteiger charge is 2.29. The molecule has 1 aromatic carbocycles. The molecule has 4 rings (SSSR count). The van der Waals surface area contributed by atoms with E-state index in [-0.39, 0.29) is 17.1 Å². The molecule has 6 heteroatoms. The highest BCUT2D eigenvalue weighted by atomic mass is 16.3. The second-order valence-electron chi connectivity index (χ2n) is 6.42. The van der Waals surface area contributed by atoms with E-state index in [4.69, 9.17) is 0 Å². The summed E-state index contributed by atoms with van der Waals surface area (Å²) in [6.07, 6.45) is 2.97. The SMILES string of the molecule is O=c1[nH]c(C2CC2)nc2c1CN(Cc1cc(O)ccc1O)CC2. The minimum absolute atomic E-state index is 0.0401. The van der Waals surface area contributed by atoms with Crippen molar-refractivity contribution in [1.82, 2.24) is 14.9 Å². The highest BCUT2D eigenvalue weighted by molar-refractivity contribution is 5.38. The van der Waals surface area contributed by atoms with Gasteiger partial charge in [0.05, 0.1) is 11.3 Å². The van der Waals surface area contributed by atoms with Crippen LogP contribution >= 0.6 is 0 Å². The summed E-state index contributed by atoms with van der Waals surface area (Å²) >= 11 is 0. The normalized spacial score (nSPS) is 17.9. The van der Waals surface area contributed by atoms with Crippen LogP contribution in [0.2, 0.25) is 0 Å². The fraction of sp³-hybridized carbons (Fsp3) is 0.412. The molecule has 1 fully saturated rings. The Morgan fingerprint density at radius 3 is 2.91 bits per heavy atom. The van der Waals surface area contributed by atoms with Crippen LogP contribution < -0.4 is 5.56 Å². The third-order valence-electron chi connectivity index (χ3n) is 4.59. The Morgan fingerprint density at radius 2 is 2.13 bits per heavy atom. The van der Waals surface area contributed by atoms with Crippen molar-refractivity contribution in [3.63, 3.8) is 0 Å². The molecule has 0 bridgehead atoms. The lowest BCUT2D eigenvalue weighted by Gasteiger charge is -2.28. The van der Waals surface area contributed by atoms with Crippen LogP contribution in [0, 0.1) is 0 Å². The molecule has 23 heavy (non-hydrogen) atoms. The van der Waals surface area contributed by atoms with Crippen LogP contribution in [-0.2, 0) is 19.5 Å². The van der Waals surface area contributed by atoms with Crippen molar-refractivity contribution >= 4 is 0 Å². The van der Waals surface area contributed by atoms with E-state index in [0.717, 1.165) is 42.9 Å². The molecule has 6 nitrogen and oxygen atoms in total. The van der Waals surface area contributed by atoms with Gasteiger partial charge >= 0.3 is 0 Å². The van der Waals surface area contributed by atoms with Crippen LogP contribution in [0.1, 0.15) is 41.4 Å². The first kappa shape index (κ1) is 14.3. The number of phenolic OH excluding ortho intramolecular Hbond substituents is 2. The summed E-state index contributed by atoms with van der Waals surface area (Å²) in [6.45, 7) is 1.78. The van der Waals surface area contributed by atoms with Crippen LogP contribution in [0.15, 0.2) is 23.0 Å². The van der Waals surface area contributed by atoms with Crippen molar-refractivity contribution < 1.29 is 10.2 Å². The molecule has 0 spiro atoms. The molecule has 3 N–H and O–H groups in total. The number of aromatic hydroxyl groups is 2. The molecular formula is C17H19N3O3. The second-order valence-corrected chi connectivity index (χ2v) is 6.42. The Labute approximate surface area is 133 Å². The maximum Gasteiger partial charge on any atom is 0.255 e. The lowest BCUT2D eigenvalue weighted by atomic mass is 10.1. The summed E-state index contributed by atoms with van der Waals surface area (Å²) in [7, 11) is 0. The predicted octanol–water partition coefficient (Wildman–Crippen LogP) is 1.62. The summed E-state index contributed by atoms with van der Waals surface area (Å²) in [6, 6.07) is 4.50. The minimum Gasteiger partial charge on any atom is -0.508 e. The Kier molecular flexibility index (Phi) is 3.34. The first-order chi connectivity index (χ1) is 11.1. The number of phenols is 2. The summed E-state index contributed by atoms with van der Waals surface area (Å²) in [5.41, 5.74) is 2.25. The predicted molar refractivity (Wildman–Crippen MR) is 84.4 cm³/mol. The quantitative estimate of drug-likeness (QED) is 0.749. The summed E-state index contributed by atoms with van der Waals surface area (Å²) in [4.78, 5) is 22.0. The molecule has 0 saturated heterocycles. The fourth-order valence-corrected chi connectivity index (χ4v) is 3.12. The topological polar surface area (TPSA) is 89.5 Å². The average Bonchev–Trinajstić information content (AvgIpc) is 3.36. The smallest absolute Gasteiger partial charge is 0.255 e. The molecule has 2 aliphatic rings. The second kappa shape index (κ2) is 5.38. The Morgan fingerprint density at radius 1 is 1.30 bits per heavy atom. The number of H-pyrrole nitrogens is 1. The summed E-state index contributed by atoms with van der Waals surface area (Å²) < 4.78 is 0. The zero-order chi connectivity index (χ0) is 16.0. The van der Waals surface area contributed by atoms with Crippen molar-refractivity contribution in [3.8, 4) is 11.5 Å². The third kappa shape index (κ3) is 2.82. The first-order valence-electron chi connectivity index (χ1n) is 7.95. The number of hydrogen-bond donors (Lipinski definition) is 3. The lowest BCUT2D eigenvalue weighted by molar-refractivity contribution is 0.238. The number of aromatic nitrogens is 2. The van der Waals surface area contributed by atoms with Gasteiger partial charge in [0.2, 0.25) is 0 Å². The Balaban J connectivity index is 1.56. The first-order valence-corrected chi connectivity index (χ1v) is 7.95. The van der Waals surface area contributed by atoms with Crippen LogP contribution in [-0.4, -0.2) is 31.6 Å². The van der Waals surface area contributed by atoms with Gasteiger partial charge < -0.3 is 15.2 Å². The Hall–Kier alpha value is -2.34. The van der Waals surface area contributed by atoms with E-state index in [1.807, 2.05) is 0 Å². The lowest BCUT2D eigenvalue weighted by Crippen LogP contribution is -2.35. The van der Waals surface area contributed by atoms with E-state index in [9.17, 15) is 15.0 Å². The number of benzene rings is 1. The van der Waals surface area contributed by atoms with Gasteiger partial charge in [-0.3, -0.25) is 9.69 Å². The standard InChI is InChI=1S/C17H19N3O3/c21-12-3-4-15(22)11(7-12)8-20-6-5-14-13(9-20)17(23)19-16(18-14)10-1-2-10/h3-4,7,10,21-22H,1-2,5-6,8-9H2,(H,18,19,23). The van der Waals surface area contributed by atoms with Gasteiger partial charge in [-0.05, 0) is 31.0 Å². The van der Waals surface area contributed by atoms with Gasteiger partial charge in [-0.2, -0.15) is 0 Å². The molecule has 1 aliphatic carbocycles. The molecule has 2 heterocycles. The summed E-state index contributed by atoms with van der Waals surface area (Å²) in [5.74, 6) is 1.57. The molecule has 1 aliphatic heterocycles. The van der Waals surface area contributed by atoms with E-state index in [2.05, 4.69) is 14.9 Å². The van der Waals surface area contributed by atoms with Gasteiger partial charge in [-0.25, -0.2) is 4.98 Å². The third-order valence-corrected chi connectivity index (χ3v) is 4.59. The van der Waals surface area contributed by atoms with Crippen molar-refractivity contribution in [1.29, 1.82) is 0 Å². The van der Waals surface area contributed by atoms with E-state index < -0.39 is 0 Å². The zero-order valence-electron chi connectivity index (χ0n) is 12.7. The van der Waals surface area contributed by atoms with Crippen molar-refractivity contribution in [3.05, 3.63) is 51.2 Å². The number of hydrogen-bond acceptors (Lipinski definition) is 5. The highest BCUT2D eigenvalue weighted by Crippen LogP contribution is 2.37. The molecule has 0 atom stereocenters. The van der Waals surface area contributed by atoms with Gasteiger partial charge in [-0.1, -0.05) is 0 Å². The van der Waals surface area contributed by atoms with E-state index in [0.29, 0.717) is 24.6 Å². The molecular weight excluding hydrogens is 294 g/mol. The van der Waals surface area contributed by atoms with Gasteiger partial charge in [-0.15, -0.1) is 0 Å². The number of nitrogens with zero attached hydrogens (tertiary/aromatic N) is 2. The average molecular weight is 313 g/mol. The van der Waals surface area contributed by atoms with Crippen molar-refractivity contribution in [2.75, 3.05) is 6.54 Å². The number of nitrogens with one attached hydrogen (secondary N) is 1. The molecule has 1 saturated carbocycles. The van der Waals surface area contributed by atoms with E-state index >= 15 is 0 Å². The maximum absolute atomic E-state index is 12.3. The molecule has 1 aromatic heterocycles. The number of rotatable bonds is 3. The van der Waals surface area contributed by atoms with Crippen molar-refractivity contribution in [2.45, 2.75) is 38.3 Å². The number of fused-ring (bicyclic) bond motifs is 1. The van der Waals surface area contributed by atoms with Gasteiger partial charge in [0.15, 0.2) is 0 Å². The van der Waals surface area contributed by atoms with Crippen LogP contribution in [0.4, 0.5) is 0 Å². The van der Waals surface area contributed by atoms with Crippen molar-refractivity contribution in [2.24, 2.45) is 0 Å². The Bertz CT molecular complexity index is 811. The van der Waals surface area contributed by atoms with Gasteiger partial charge in [0, 0.05) is 37.5 Å². The van der Waals surface area contributed by atoms with Crippen LogP contribution in [0.25, 0.3) is 0 Å². The zero-order valence-corrected chi connectivity index (χ0v) is 12.7. The van der Waals surface area contributed by atoms with Crippen LogP contribution in [0.5, 0.6) is 11.5 Å². The van der Waals surface area contributed by atoms with E-state index in [1.54, 1.807) is 6.07 Å². The molecule has 120 valence electrons. The molecule has 0 unspecified atom stereocenters. The molecule has 0 amide bonds. The summed E-state index contributed by atoms with van der Waals surface area (Å²) in [5, 5.41) is 19.5.